The molecule has 0 amide bonds. The molecule has 0 unspecified atom stereocenters. The van der Waals surface area contributed by atoms with Gasteiger partial charge in [0.2, 0.25) is 0 Å². The lowest BCUT2D eigenvalue weighted by atomic mass is 9.85. The molecule has 0 aliphatic heterocycles. The van der Waals surface area contributed by atoms with Gasteiger partial charge in [0.05, 0.1) is 0 Å². The van der Waals surface area contributed by atoms with Crippen LogP contribution in [0.2, 0.25) is 0 Å². The monoisotopic (exact) mass is 378 g/mol. The van der Waals surface area contributed by atoms with Crippen LogP contribution < -0.4 is 0 Å². The van der Waals surface area contributed by atoms with Crippen molar-refractivity contribution in [1.29, 1.82) is 0 Å². The van der Waals surface area contributed by atoms with Crippen molar-refractivity contribution >= 4 is 5.57 Å². The van der Waals surface area contributed by atoms with Crippen LogP contribution in [-0.4, -0.2) is 0 Å². The fourth-order valence-electron chi connectivity index (χ4n) is 3.22. The molecule has 0 radical (unpaired) electrons. The van der Waals surface area contributed by atoms with E-state index in [0.717, 1.165) is 33.4 Å². The quantitative estimate of drug-likeness (QED) is 0.406. The Bertz CT molecular complexity index is 1010. The Balaban J connectivity index is 2.70. The van der Waals surface area contributed by atoms with Crippen LogP contribution in [0.25, 0.3) is 5.57 Å². The second kappa shape index (κ2) is 10.8. The number of rotatable bonds is 8. The molecule has 0 heteroatoms. The average Bonchev–Trinajstić information content (AvgIpc) is 2.73. The summed E-state index contributed by atoms with van der Waals surface area (Å²) in [5.41, 5.74) is 8.73. The van der Waals surface area contributed by atoms with E-state index in [1.807, 2.05) is 56.4 Å². The van der Waals surface area contributed by atoms with E-state index < -0.39 is 0 Å². The lowest BCUT2D eigenvalue weighted by Gasteiger charge is -2.19. The maximum Gasteiger partial charge on any atom is -0.00279 e. The van der Waals surface area contributed by atoms with E-state index in [0.29, 0.717) is 0 Å². The van der Waals surface area contributed by atoms with Gasteiger partial charge in [0.25, 0.3) is 0 Å². The predicted octanol–water partition coefficient (Wildman–Crippen LogP) is 8.17. The highest BCUT2D eigenvalue weighted by Crippen LogP contribution is 2.35. The molecule has 0 saturated carbocycles. The van der Waals surface area contributed by atoms with Crippen molar-refractivity contribution in [3.8, 4) is 0 Å². The predicted molar refractivity (Wildman–Crippen MR) is 130 cm³/mol. The third-order valence-electron chi connectivity index (χ3n) is 4.67. The minimum Gasteiger partial charge on any atom is -0.0985 e. The lowest BCUT2D eigenvalue weighted by molar-refractivity contribution is 1.35. The van der Waals surface area contributed by atoms with Crippen LogP contribution in [0.3, 0.4) is 0 Å². The molecule has 0 bridgehead atoms. The number of hydrogen-bond donors (Lipinski definition) is 0. The van der Waals surface area contributed by atoms with Crippen LogP contribution in [0, 0.1) is 6.92 Å². The molecule has 0 heterocycles. The van der Waals surface area contributed by atoms with Crippen molar-refractivity contribution in [2.24, 2.45) is 0 Å². The summed E-state index contributed by atoms with van der Waals surface area (Å²) in [6, 6.07) is 18.9. The van der Waals surface area contributed by atoms with Gasteiger partial charge in [-0.25, -0.2) is 0 Å². The average molecular weight is 379 g/mol. The highest BCUT2D eigenvalue weighted by molar-refractivity contribution is 5.89. The molecule has 146 valence electrons. The minimum absolute atomic E-state index is 0.924. The van der Waals surface area contributed by atoms with Crippen molar-refractivity contribution in [2.75, 3.05) is 0 Å². The van der Waals surface area contributed by atoms with Crippen molar-refractivity contribution in [2.45, 2.75) is 20.8 Å². The zero-order chi connectivity index (χ0) is 21.2. The first-order chi connectivity index (χ1) is 14.0. The van der Waals surface area contributed by atoms with E-state index in [4.69, 9.17) is 0 Å². The van der Waals surface area contributed by atoms with Gasteiger partial charge >= 0.3 is 0 Å². The SMILES string of the molecule is C=CC(/C=C/C(=C)/C(C(=C)C)=C(\c1ccccc1)c1ccccc1C)=C\C=C/C. The Kier molecular flexibility index (Phi) is 8.18. The van der Waals surface area contributed by atoms with E-state index >= 15 is 0 Å². The molecule has 0 spiro atoms. The van der Waals surface area contributed by atoms with Gasteiger partial charge in [0.15, 0.2) is 0 Å². The van der Waals surface area contributed by atoms with Gasteiger partial charge in [-0.2, -0.15) is 0 Å². The van der Waals surface area contributed by atoms with E-state index in [1.54, 1.807) is 0 Å². The molecule has 2 aromatic rings. The van der Waals surface area contributed by atoms with Crippen LogP contribution in [-0.2, 0) is 0 Å². The first-order valence-electron chi connectivity index (χ1n) is 9.84. The molecule has 2 rings (SSSR count). The van der Waals surface area contributed by atoms with E-state index in [-0.39, 0.29) is 0 Å². The lowest BCUT2D eigenvalue weighted by Crippen LogP contribution is -1.99. The van der Waals surface area contributed by atoms with Crippen molar-refractivity contribution in [3.05, 3.63) is 150 Å². The molecule has 0 nitrogen and oxygen atoms in total. The summed E-state index contributed by atoms with van der Waals surface area (Å²) >= 11 is 0. The topological polar surface area (TPSA) is 0 Å². The molecule has 0 saturated heterocycles. The molecule has 0 aromatic heterocycles. The van der Waals surface area contributed by atoms with Crippen LogP contribution >= 0.6 is 0 Å². The highest BCUT2D eigenvalue weighted by Gasteiger charge is 2.15. The van der Waals surface area contributed by atoms with Crippen molar-refractivity contribution < 1.29 is 0 Å². The number of aryl methyl sites for hydroxylation is 1. The largest absolute Gasteiger partial charge is 0.0985 e. The van der Waals surface area contributed by atoms with E-state index in [9.17, 15) is 0 Å². The molecular formula is C29H30. The summed E-state index contributed by atoms with van der Waals surface area (Å²) in [4.78, 5) is 0. The normalized spacial score (nSPS) is 12.9. The zero-order valence-electron chi connectivity index (χ0n) is 17.8. The zero-order valence-corrected chi connectivity index (χ0v) is 17.8. The van der Waals surface area contributed by atoms with Crippen molar-refractivity contribution in [3.63, 3.8) is 0 Å². The standard InChI is InChI=1S/C29H30/c1-7-9-16-25(8-2)21-20-24(6)28(22(3)4)29(26-17-11-10-12-18-26)27-19-14-13-15-23(27)5/h7-21H,2-3,6H2,1,4-5H3/b9-7-,21-20+,25-16+,29-28+. The van der Waals surface area contributed by atoms with Crippen LogP contribution in [0.4, 0.5) is 0 Å². The fraction of sp³-hybridized carbons (Fsp3) is 0.103. The smallest absolute Gasteiger partial charge is 0.00279 e. The molecule has 0 N–H and O–H groups in total. The van der Waals surface area contributed by atoms with Crippen LogP contribution in [0.1, 0.15) is 30.5 Å². The first kappa shape index (κ1) is 21.9. The third kappa shape index (κ3) is 5.80. The summed E-state index contributed by atoms with van der Waals surface area (Å²) in [7, 11) is 0. The fourth-order valence-corrected chi connectivity index (χ4v) is 3.22. The summed E-state index contributed by atoms with van der Waals surface area (Å²) in [6.07, 6.45) is 12.0. The number of benzene rings is 2. The molecule has 29 heavy (non-hydrogen) atoms. The van der Waals surface area contributed by atoms with E-state index in [1.165, 1.54) is 11.1 Å². The van der Waals surface area contributed by atoms with E-state index in [2.05, 4.69) is 75.2 Å². The Morgan fingerprint density at radius 1 is 0.897 bits per heavy atom. The second-order valence-corrected chi connectivity index (χ2v) is 6.97. The Labute approximate surface area is 176 Å². The Hall–Kier alpha value is -3.38. The number of allylic oxidation sites excluding steroid dienone is 10. The number of hydrogen-bond acceptors (Lipinski definition) is 0. The summed E-state index contributed by atoms with van der Waals surface area (Å²) < 4.78 is 0. The van der Waals surface area contributed by atoms with Gasteiger partial charge in [-0.05, 0) is 65.3 Å². The van der Waals surface area contributed by atoms with Gasteiger partial charge < -0.3 is 0 Å². The second-order valence-electron chi connectivity index (χ2n) is 6.97. The molecule has 2 aromatic carbocycles. The summed E-state index contributed by atoms with van der Waals surface area (Å²) in [5.74, 6) is 0. The maximum atomic E-state index is 4.38. The van der Waals surface area contributed by atoms with Gasteiger partial charge in [0, 0.05) is 0 Å². The molecular weight excluding hydrogens is 348 g/mol. The third-order valence-corrected chi connectivity index (χ3v) is 4.67. The minimum atomic E-state index is 0.924. The van der Waals surface area contributed by atoms with Gasteiger partial charge in [0.1, 0.15) is 0 Å². The Morgan fingerprint density at radius 3 is 2.14 bits per heavy atom. The van der Waals surface area contributed by atoms with Crippen LogP contribution in [0.15, 0.2) is 133 Å². The summed E-state index contributed by atoms with van der Waals surface area (Å²) in [6.45, 7) is 18.7. The first-order valence-corrected chi connectivity index (χ1v) is 9.84. The summed E-state index contributed by atoms with van der Waals surface area (Å²) in [5, 5.41) is 0. The van der Waals surface area contributed by atoms with Gasteiger partial charge in [-0.1, -0.05) is 111 Å². The van der Waals surface area contributed by atoms with Crippen LogP contribution in [0.5, 0.6) is 0 Å². The Morgan fingerprint density at radius 2 is 1.55 bits per heavy atom. The van der Waals surface area contributed by atoms with Gasteiger partial charge in [-0.15, -0.1) is 0 Å². The maximum absolute atomic E-state index is 4.38. The molecule has 0 fully saturated rings. The van der Waals surface area contributed by atoms with Crippen molar-refractivity contribution in [1.82, 2.24) is 0 Å². The molecule has 0 aliphatic carbocycles. The molecule has 0 atom stereocenters. The highest BCUT2D eigenvalue weighted by atomic mass is 14.2. The van der Waals surface area contributed by atoms with Gasteiger partial charge in [-0.3, -0.25) is 0 Å². The molecule has 0 aliphatic rings.